The van der Waals surface area contributed by atoms with Crippen molar-refractivity contribution in [2.24, 2.45) is 23.7 Å². The van der Waals surface area contributed by atoms with Crippen LogP contribution < -0.4 is 0 Å². The quantitative estimate of drug-likeness (QED) is 0.597. The fraction of sp³-hybridized carbons (Fsp3) is 1.00. The first kappa shape index (κ1) is 11.5. The summed E-state index contributed by atoms with van der Waals surface area (Å²) >= 11 is 0. The molecular formula is C15H28. The third-order valence-corrected chi connectivity index (χ3v) is 5.10. The second kappa shape index (κ2) is 5.37. The Morgan fingerprint density at radius 2 is 1.47 bits per heavy atom. The zero-order valence-electron chi connectivity index (χ0n) is 10.7. The summed E-state index contributed by atoms with van der Waals surface area (Å²) in [6, 6.07) is 0. The molecule has 3 unspecified atom stereocenters. The van der Waals surface area contributed by atoms with Crippen LogP contribution in [0.15, 0.2) is 0 Å². The van der Waals surface area contributed by atoms with Gasteiger partial charge in [0.25, 0.3) is 0 Å². The van der Waals surface area contributed by atoms with Crippen LogP contribution in [0.5, 0.6) is 0 Å². The summed E-state index contributed by atoms with van der Waals surface area (Å²) in [6.45, 7) is 4.92. The molecule has 0 saturated heterocycles. The molecule has 0 radical (unpaired) electrons. The Hall–Kier alpha value is 0. The third kappa shape index (κ3) is 3.23. The van der Waals surface area contributed by atoms with Gasteiger partial charge in [-0.05, 0) is 36.5 Å². The van der Waals surface area contributed by atoms with Gasteiger partial charge in [0.05, 0.1) is 0 Å². The van der Waals surface area contributed by atoms with Crippen LogP contribution in [0.3, 0.4) is 0 Å². The van der Waals surface area contributed by atoms with E-state index >= 15 is 0 Å². The van der Waals surface area contributed by atoms with Crippen LogP contribution in [0.25, 0.3) is 0 Å². The average molecular weight is 208 g/mol. The molecule has 2 aliphatic rings. The predicted molar refractivity (Wildman–Crippen MR) is 66.9 cm³/mol. The van der Waals surface area contributed by atoms with Crippen LogP contribution in [0, 0.1) is 23.7 Å². The van der Waals surface area contributed by atoms with Gasteiger partial charge in [-0.25, -0.2) is 0 Å². The number of rotatable bonds is 2. The summed E-state index contributed by atoms with van der Waals surface area (Å²) in [4.78, 5) is 0. The first-order valence-corrected chi connectivity index (χ1v) is 7.25. The summed E-state index contributed by atoms with van der Waals surface area (Å²) in [7, 11) is 0. The zero-order valence-corrected chi connectivity index (χ0v) is 10.7. The lowest BCUT2D eigenvalue weighted by Gasteiger charge is -2.35. The van der Waals surface area contributed by atoms with Gasteiger partial charge in [-0.1, -0.05) is 58.8 Å². The van der Waals surface area contributed by atoms with Crippen LogP contribution in [-0.4, -0.2) is 0 Å². The predicted octanol–water partition coefficient (Wildman–Crippen LogP) is 5.03. The molecule has 0 aromatic heterocycles. The van der Waals surface area contributed by atoms with Crippen LogP contribution in [0.1, 0.15) is 71.6 Å². The van der Waals surface area contributed by atoms with Gasteiger partial charge in [0.2, 0.25) is 0 Å². The Kier molecular flexibility index (Phi) is 4.11. The van der Waals surface area contributed by atoms with E-state index < -0.39 is 0 Å². The molecule has 0 aromatic carbocycles. The summed E-state index contributed by atoms with van der Waals surface area (Å²) in [5, 5.41) is 0. The van der Waals surface area contributed by atoms with Crippen LogP contribution in [0.2, 0.25) is 0 Å². The van der Waals surface area contributed by atoms with Gasteiger partial charge < -0.3 is 0 Å². The van der Waals surface area contributed by atoms with Crippen molar-refractivity contribution >= 4 is 0 Å². The molecule has 0 bridgehead atoms. The molecule has 0 spiro atoms. The van der Waals surface area contributed by atoms with Gasteiger partial charge in [-0.15, -0.1) is 0 Å². The van der Waals surface area contributed by atoms with E-state index in [1.165, 1.54) is 38.5 Å². The Balaban J connectivity index is 1.74. The van der Waals surface area contributed by atoms with Crippen molar-refractivity contribution in [1.29, 1.82) is 0 Å². The van der Waals surface area contributed by atoms with Crippen molar-refractivity contribution in [1.82, 2.24) is 0 Å². The monoisotopic (exact) mass is 208 g/mol. The topological polar surface area (TPSA) is 0 Å². The molecule has 2 fully saturated rings. The summed E-state index contributed by atoms with van der Waals surface area (Å²) in [5.74, 6) is 4.17. The van der Waals surface area contributed by atoms with Crippen molar-refractivity contribution in [2.75, 3.05) is 0 Å². The van der Waals surface area contributed by atoms with Gasteiger partial charge in [0.1, 0.15) is 0 Å². The molecule has 2 rings (SSSR count). The first-order valence-electron chi connectivity index (χ1n) is 7.25. The Morgan fingerprint density at radius 3 is 2.13 bits per heavy atom. The molecule has 0 amide bonds. The molecule has 0 heteroatoms. The Bertz CT molecular complexity index is 178. The molecule has 0 nitrogen and oxygen atoms in total. The van der Waals surface area contributed by atoms with Gasteiger partial charge in [-0.3, -0.25) is 0 Å². The van der Waals surface area contributed by atoms with E-state index in [4.69, 9.17) is 0 Å². The first-order chi connectivity index (χ1) is 7.25. The van der Waals surface area contributed by atoms with Gasteiger partial charge in [-0.2, -0.15) is 0 Å². The highest BCUT2D eigenvalue weighted by atomic mass is 14.3. The van der Waals surface area contributed by atoms with E-state index in [0.717, 1.165) is 23.7 Å². The SMILES string of the molecule is CC1CCC(CC2CCCCC2)CC1C. The molecule has 2 saturated carbocycles. The molecule has 2 aliphatic carbocycles. The van der Waals surface area contributed by atoms with Crippen molar-refractivity contribution in [3.63, 3.8) is 0 Å². The number of hydrogen-bond acceptors (Lipinski definition) is 0. The maximum Gasteiger partial charge on any atom is -0.0409 e. The molecule has 0 aromatic rings. The normalized spacial score (nSPS) is 39.2. The van der Waals surface area contributed by atoms with Crippen molar-refractivity contribution in [2.45, 2.75) is 71.6 Å². The molecule has 88 valence electrons. The van der Waals surface area contributed by atoms with Crippen LogP contribution >= 0.6 is 0 Å². The summed E-state index contributed by atoms with van der Waals surface area (Å²) in [6.07, 6.45) is 13.7. The lowest BCUT2D eigenvalue weighted by atomic mass is 9.71. The van der Waals surface area contributed by atoms with Gasteiger partial charge >= 0.3 is 0 Å². The van der Waals surface area contributed by atoms with Crippen molar-refractivity contribution < 1.29 is 0 Å². The maximum atomic E-state index is 2.47. The fourth-order valence-electron chi connectivity index (χ4n) is 3.77. The minimum Gasteiger partial charge on any atom is -0.0623 e. The van der Waals surface area contributed by atoms with E-state index in [1.54, 1.807) is 19.3 Å². The minimum absolute atomic E-state index is 0.993. The molecule has 0 N–H and O–H groups in total. The summed E-state index contributed by atoms with van der Waals surface area (Å²) in [5.41, 5.74) is 0. The van der Waals surface area contributed by atoms with Gasteiger partial charge in [0.15, 0.2) is 0 Å². The Morgan fingerprint density at radius 1 is 0.733 bits per heavy atom. The highest BCUT2D eigenvalue weighted by Gasteiger charge is 2.26. The van der Waals surface area contributed by atoms with Gasteiger partial charge in [0, 0.05) is 0 Å². The fourth-order valence-corrected chi connectivity index (χ4v) is 3.77. The van der Waals surface area contributed by atoms with E-state index in [1.807, 2.05) is 0 Å². The smallest absolute Gasteiger partial charge is 0.0409 e. The average Bonchev–Trinajstić information content (AvgIpc) is 2.25. The lowest BCUT2D eigenvalue weighted by Crippen LogP contribution is -2.23. The second-order valence-corrected chi connectivity index (χ2v) is 6.37. The molecule has 3 atom stereocenters. The van der Waals surface area contributed by atoms with E-state index in [0.29, 0.717) is 0 Å². The van der Waals surface area contributed by atoms with E-state index in [2.05, 4.69) is 13.8 Å². The van der Waals surface area contributed by atoms with E-state index in [-0.39, 0.29) is 0 Å². The van der Waals surface area contributed by atoms with Crippen molar-refractivity contribution in [3.05, 3.63) is 0 Å². The standard InChI is InChI=1S/C15H28/c1-12-8-9-15(10-13(12)2)11-14-6-4-3-5-7-14/h12-15H,3-11H2,1-2H3. The van der Waals surface area contributed by atoms with E-state index in [9.17, 15) is 0 Å². The maximum absolute atomic E-state index is 2.47. The molecule has 0 aliphatic heterocycles. The summed E-state index contributed by atoms with van der Waals surface area (Å²) < 4.78 is 0. The third-order valence-electron chi connectivity index (χ3n) is 5.10. The minimum atomic E-state index is 0.993. The molecular weight excluding hydrogens is 180 g/mol. The molecule has 0 heterocycles. The zero-order chi connectivity index (χ0) is 10.7. The van der Waals surface area contributed by atoms with Crippen LogP contribution in [0.4, 0.5) is 0 Å². The molecule has 15 heavy (non-hydrogen) atoms. The Labute approximate surface area is 95.8 Å². The highest BCUT2D eigenvalue weighted by molar-refractivity contribution is 4.78. The van der Waals surface area contributed by atoms with Crippen molar-refractivity contribution in [3.8, 4) is 0 Å². The lowest BCUT2D eigenvalue weighted by molar-refractivity contribution is 0.169. The highest BCUT2D eigenvalue weighted by Crippen LogP contribution is 2.39. The largest absolute Gasteiger partial charge is 0.0623 e. The van der Waals surface area contributed by atoms with Crippen LogP contribution in [-0.2, 0) is 0 Å². The number of hydrogen-bond donors (Lipinski definition) is 0. The second-order valence-electron chi connectivity index (χ2n) is 6.37.